The summed E-state index contributed by atoms with van der Waals surface area (Å²) in [5, 5.41) is 9.16. The Morgan fingerprint density at radius 2 is 1.68 bits per heavy atom. The summed E-state index contributed by atoms with van der Waals surface area (Å²) in [6.45, 7) is 6.78. The lowest BCUT2D eigenvalue weighted by Gasteiger charge is -2.20. The first kappa shape index (κ1) is 18.3. The molecule has 122 valence electrons. The Morgan fingerprint density at radius 3 is 2.09 bits per heavy atom. The average molecular weight is 327 g/mol. The molecule has 0 heterocycles. The minimum atomic E-state index is -4.00. The summed E-state index contributed by atoms with van der Waals surface area (Å²) in [5.41, 5.74) is 0.153. The van der Waals surface area contributed by atoms with E-state index in [0.717, 1.165) is 5.56 Å². The molecule has 0 amide bonds. The van der Waals surface area contributed by atoms with E-state index in [-0.39, 0.29) is 10.7 Å². The van der Waals surface area contributed by atoms with Crippen LogP contribution in [0, 0.1) is 12.3 Å². The normalized spacial score (nSPS) is 13.6. The standard InChI is InChI=1S/C15H21NO5S/c1-10-5-7-11(8-6-10)22(20,21)16-12(14(18)19)9-13(17)15(2,3)4/h5-8,12,16H,9H2,1-4H3,(H,18,19). The molecule has 0 bridgehead atoms. The van der Waals surface area contributed by atoms with Gasteiger partial charge in [-0.05, 0) is 19.1 Å². The molecule has 6 nitrogen and oxygen atoms in total. The van der Waals surface area contributed by atoms with Gasteiger partial charge in [0.25, 0.3) is 0 Å². The van der Waals surface area contributed by atoms with Gasteiger partial charge >= 0.3 is 5.97 Å². The highest BCUT2D eigenvalue weighted by Crippen LogP contribution is 2.19. The van der Waals surface area contributed by atoms with Crippen molar-refractivity contribution in [3.63, 3.8) is 0 Å². The third kappa shape index (κ3) is 4.92. The summed E-state index contributed by atoms with van der Waals surface area (Å²) in [5.74, 6) is -1.71. The first-order valence-electron chi connectivity index (χ1n) is 6.78. The third-order valence-electron chi connectivity index (χ3n) is 3.15. The van der Waals surface area contributed by atoms with E-state index in [1.165, 1.54) is 12.1 Å². The van der Waals surface area contributed by atoms with Crippen LogP contribution in [0.4, 0.5) is 0 Å². The highest BCUT2D eigenvalue weighted by Gasteiger charge is 2.31. The predicted molar refractivity (Wildman–Crippen MR) is 82.0 cm³/mol. The predicted octanol–water partition coefficient (Wildman–Crippen LogP) is 1.73. The van der Waals surface area contributed by atoms with Gasteiger partial charge in [0.2, 0.25) is 10.0 Å². The lowest BCUT2D eigenvalue weighted by molar-refractivity contribution is -0.141. The quantitative estimate of drug-likeness (QED) is 0.829. The first-order valence-corrected chi connectivity index (χ1v) is 8.27. The molecule has 0 radical (unpaired) electrons. The van der Waals surface area contributed by atoms with E-state index in [4.69, 9.17) is 5.11 Å². The van der Waals surface area contributed by atoms with Crippen LogP contribution < -0.4 is 4.72 Å². The van der Waals surface area contributed by atoms with Gasteiger partial charge in [0.05, 0.1) is 4.90 Å². The second-order valence-electron chi connectivity index (χ2n) is 6.20. The van der Waals surface area contributed by atoms with Crippen LogP contribution in [-0.4, -0.2) is 31.3 Å². The zero-order valence-corrected chi connectivity index (χ0v) is 13.9. The molecule has 1 aromatic carbocycles. The monoisotopic (exact) mass is 327 g/mol. The number of nitrogens with one attached hydrogen (secondary N) is 1. The van der Waals surface area contributed by atoms with Crippen molar-refractivity contribution in [2.75, 3.05) is 0 Å². The second-order valence-corrected chi connectivity index (χ2v) is 7.92. The number of sulfonamides is 1. The minimum Gasteiger partial charge on any atom is -0.480 e. The highest BCUT2D eigenvalue weighted by atomic mass is 32.2. The Kier molecular flexibility index (Phi) is 5.48. The third-order valence-corrected chi connectivity index (χ3v) is 4.64. The van der Waals surface area contributed by atoms with Crippen molar-refractivity contribution in [2.45, 2.75) is 45.1 Å². The first-order chi connectivity index (χ1) is 9.93. The number of ketones is 1. The molecule has 0 aliphatic heterocycles. The SMILES string of the molecule is Cc1ccc(S(=O)(=O)NC(CC(=O)C(C)(C)C)C(=O)O)cc1. The van der Waals surface area contributed by atoms with Crippen LogP contribution in [0.15, 0.2) is 29.2 Å². The van der Waals surface area contributed by atoms with Crippen molar-refractivity contribution < 1.29 is 23.1 Å². The number of aryl methyl sites for hydroxylation is 1. The molecule has 1 rings (SSSR count). The Bertz CT molecular complexity index is 656. The molecule has 1 atom stereocenters. The molecule has 0 fully saturated rings. The van der Waals surface area contributed by atoms with E-state index in [0.29, 0.717) is 0 Å². The van der Waals surface area contributed by atoms with Gasteiger partial charge in [-0.15, -0.1) is 0 Å². The van der Waals surface area contributed by atoms with Crippen LogP contribution in [0.3, 0.4) is 0 Å². The van der Waals surface area contributed by atoms with Crippen molar-refractivity contribution in [2.24, 2.45) is 5.41 Å². The number of hydrogen-bond donors (Lipinski definition) is 2. The molecular formula is C15H21NO5S. The minimum absolute atomic E-state index is 0.0347. The molecule has 0 aromatic heterocycles. The Morgan fingerprint density at radius 1 is 1.18 bits per heavy atom. The van der Waals surface area contributed by atoms with Gasteiger partial charge in [-0.3, -0.25) is 9.59 Å². The molecule has 0 spiro atoms. The fourth-order valence-corrected chi connectivity index (χ4v) is 2.83. The molecule has 22 heavy (non-hydrogen) atoms. The number of Topliss-reactive ketones (excluding diaryl/α,β-unsaturated/α-hetero) is 1. The summed E-state index contributed by atoms with van der Waals surface area (Å²) >= 11 is 0. The zero-order chi connectivity index (χ0) is 17.1. The molecule has 1 aromatic rings. The summed E-state index contributed by atoms with van der Waals surface area (Å²) < 4.78 is 26.5. The van der Waals surface area contributed by atoms with Crippen LogP contribution in [0.2, 0.25) is 0 Å². The Balaban J connectivity index is 2.98. The molecular weight excluding hydrogens is 306 g/mol. The number of carbonyl (C=O) groups is 2. The number of aliphatic carboxylic acids is 1. The maximum Gasteiger partial charge on any atom is 0.322 e. The van der Waals surface area contributed by atoms with E-state index in [9.17, 15) is 18.0 Å². The fourth-order valence-electron chi connectivity index (χ4n) is 1.64. The maximum atomic E-state index is 12.2. The van der Waals surface area contributed by atoms with Gasteiger partial charge < -0.3 is 5.11 Å². The topological polar surface area (TPSA) is 101 Å². The number of carboxylic acid groups (broad SMARTS) is 1. The van der Waals surface area contributed by atoms with Crippen LogP contribution in [0.5, 0.6) is 0 Å². The maximum absolute atomic E-state index is 12.2. The van der Waals surface area contributed by atoms with Crippen LogP contribution in [-0.2, 0) is 19.6 Å². The number of hydrogen-bond acceptors (Lipinski definition) is 4. The van der Waals surface area contributed by atoms with Crippen LogP contribution >= 0.6 is 0 Å². The van der Waals surface area contributed by atoms with Crippen molar-refractivity contribution in [1.29, 1.82) is 0 Å². The summed E-state index contributed by atoms with van der Waals surface area (Å²) in [4.78, 5) is 23.2. The van der Waals surface area contributed by atoms with E-state index >= 15 is 0 Å². The lowest BCUT2D eigenvalue weighted by Crippen LogP contribution is -2.43. The highest BCUT2D eigenvalue weighted by molar-refractivity contribution is 7.89. The van der Waals surface area contributed by atoms with E-state index in [2.05, 4.69) is 4.72 Å². The Labute approximate surface area is 130 Å². The van der Waals surface area contributed by atoms with Crippen molar-refractivity contribution in [1.82, 2.24) is 4.72 Å². The van der Waals surface area contributed by atoms with Gasteiger partial charge in [0.1, 0.15) is 11.8 Å². The van der Waals surface area contributed by atoms with Gasteiger partial charge in [0.15, 0.2) is 0 Å². The number of carbonyl (C=O) groups excluding carboxylic acids is 1. The second kappa shape index (κ2) is 6.58. The molecule has 7 heteroatoms. The number of rotatable bonds is 6. The van der Waals surface area contributed by atoms with E-state index < -0.39 is 33.9 Å². The van der Waals surface area contributed by atoms with Crippen molar-refractivity contribution in [3.05, 3.63) is 29.8 Å². The van der Waals surface area contributed by atoms with Crippen LogP contribution in [0.25, 0.3) is 0 Å². The summed E-state index contributed by atoms with van der Waals surface area (Å²) in [7, 11) is -4.00. The smallest absolute Gasteiger partial charge is 0.322 e. The molecule has 2 N–H and O–H groups in total. The van der Waals surface area contributed by atoms with Crippen molar-refractivity contribution in [3.8, 4) is 0 Å². The fraction of sp³-hybridized carbons (Fsp3) is 0.467. The van der Waals surface area contributed by atoms with Crippen molar-refractivity contribution >= 4 is 21.8 Å². The van der Waals surface area contributed by atoms with E-state index in [1.807, 2.05) is 6.92 Å². The van der Waals surface area contributed by atoms with Gasteiger partial charge in [-0.1, -0.05) is 38.5 Å². The number of benzene rings is 1. The summed E-state index contributed by atoms with van der Waals surface area (Å²) in [6.07, 6.45) is -0.399. The zero-order valence-electron chi connectivity index (χ0n) is 13.1. The molecule has 0 saturated carbocycles. The number of carboxylic acids is 1. The molecule has 0 aliphatic carbocycles. The lowest BCUT2D eigenvalue weighted by atomic mass is 9.87. The largest absolute Gasteiger partial charge is 0.480 e. The molecule has 0 aliphatic rings. The molecule has 1 unspecified atom stereocenters. The average Bonchev–Trinajstić information content (AvgIpc) is 2.36. The Hall–Kier alpha value is -1.73. The van der Waals surface area contributed by atoms with E-state index in [1.54, 1.807) is 32.9 Å². The molecule has 0 saturated heterocycles. The van der Waals surface area contributed by atoms with Gasteiger partial charge in [-0.2, -0.15) is 4.72 Å². The summed E-state index contributed by atoms with van der Waals surface area (Å²) in [6, 6.07) is 4.53. The van der Waals surface area contributed by atoms with Crippen LogP contribution in [0.1, 0.15) is 32.8 Å². The van der Waals surface area contributed by atoms with Gasteiger partial charge in [0, 0.05) is 11.8 Å². The van der Waals surface area contributed by atoms with Gasteiger partial charge in [-0.25, -0.2) is 8.42 Å².